The zero-order valence-corrected chi connectivity index (χ0v) is 13.6. The van der Waals surface area contributed by atoms with E-state index >= 15 is 0 Å². The third-order valence-electron chi connectivity index (χ3n) is 3.76. The van der Waals surface area contributed by atoms with Crippen LogP contribution in [0, 0.1) is 0 Å². The molecule has 0 radical (unpaired) electrons. The van der Waals surface area contributed by atoms with Gasteiger partial charge in [0.15, 0.2) is 0 Å². The molecule has 3 heterocycles. The molecule has 0 spiro atoms. The molecule has 6 nitrogen and oxygen atoms in total. The second-order valence-corrected chi connectivity index (χ2v) is 5.71. The average molecular weight is 324 g/mol. The molecular formula is C18H20N4O2. The van der Waals surface area contributed by atoms with Crippen LogP contribution in [0.1, 0.15) is 23.3 Å². The van der Waals surface area contributed by atoms with Crippen LogP contribution in [0.15, 0.2) is 59.7 Å². The van der Waals surface area contributed by atoms with E-state index < -0.39 is 0 Å². The quantitative estimate of drug-likeness (QED) is 0.670. The van der Waals surface area contributed by atoms with E-state index in [0.717, 1.165) is 16.9 Å². The van der Waals surface area contributed by atoms with Crippen LogP contribution in [0.2, 0.25) is 0 Å². The van der Waals surface area contributed by atoms with Gasteiger partial charge in [0.25, 0.3) is 0 Å². The van der Waals surface area contributed by atoms with Crippen LogP contribution >= 0.6 is 0 Å². The lowest BCUT2D eigenvalue weighted by Crippen LogP contribution is -2.30. The first-order chi connectivity index (χ1) is 11.7. The number of hydrogen-bond acceptors (Lipinski definition) is 4. The first kappa shape index (κ1) is 16.0. The third kappa shape index (κ3) is 4.32. The minimum Gasteiger partial charge on any atom is -0.467 e. The molecule has 0 saturated carbocycles. The minimum absolute atomic E-state index is 0.0825. The molecule has 0 unspecified atom stereocenters. The lowest BCUT2D eigenvalue weighted by molar-refractivity contribution is -0.132. The maximum absolute atomic E-state index is 12.7. The molecule has 0 fully saturated rings. The first-order valence-electron chi connectivity index (χ1n) is 7.87. The van der Waals surface area contributed by atoms with Crippen molar-refractivity contribution in [3.63, 3.8) is 0 Å². The predicted octanol–water partition coefficient (Wildman–Crippen LogP) is 2.57. The number of nitrogens with zero attached hydrogens (tertiary/aromatic N) is 4. The maximum atomic E-state index is 12.7. The summed E-state index contributed by atoms with van der Waals surface area (Å²) in [7, 11) is 1.87. The molecule has 3 aromatic rings. The highest BCUT2D eigenvalue weighted by Crippen LogP contribution is 2.13. The van der Waals surface area contributed by atoms with Gasteiger partial charge in [-0.1, -0.05) is 6.07 Å². The number of aromatic nitrogens is 3. The Bertz CT molecular complexity index is 765. The summed E-state index contributed by atoms with van der Waals surface area (Å²) in [6, 6.07) is 7.55. The molecule has 124 valence electrons. The Hall–Kier alpha value is -2.89. The van der Waals surface area contributed by atoms with Gasteiger partial charge in [-0.3, -0.25) is 14.5 Å². The summed E-state index contributed by atoms with van der Waals surface area (Å²) < 4.78 is 7.14. The fourth-order valence-corrected chi connectivity index (χ4v) is 2.55. The third-order valence-corrected chi connectivity index (χ3v) is 3.76. The van der Waals surface area contributed by atoms with Crippen LogP contribution in [0.3, 0.4) is 0 Å². The van der Waals surface area contributed by atoms with Gasteiger partial charge < -0.3 is 9.32 Å². The highest BCUT2D eigenvalue weighted by Gasteiger charge is 2.16. The Kier molecular flexibility index (Phi) is 5.05. The van der Waals surface area contributed by atoms with Crippen molar-refractivity contribution in [3.8, 4) is 0 Å². The number of hydrogen-bond donors (Lipinski definition) is 0. The molecule has 0 N–H and O–H groups in total. The summed E-state index contributed by atoms with van der Waals surface area (Å²) in [6.45, 7) is 0.966. The van der Waals surface area contributed by atoms with Crippen molar-refractivity contribution >= 4 is 5.91 Å². The Labute approximate surface area is 140 Å². The van der Waals surface area contributed by atoms with Crippen LogP contribution in [0.4, 0.5) is 0 Å². The molecule has 1 amide bonds. The predicted molar refractivity (Wildman–Crippen MR) is 88.7 cm³/mol. The highest BCUT2D eigenvalue weighted by atomic mass is 16.3. The molecule has 3 aromatic heterocycles. The van der Waals surface area contributed by atoms with E-state index in [1.54, 1.807) is 34.4 Å². The topological polar surface area (TPSA) is 64.2 Å². The van der Waals surface area contributed by atoms with E-state index in [9.17, 15) is 4.79 Å². The number of pyridine rings is 1. The summed E-state index contributed by atoms with van der Waals surface area (Å²) >= 11 is 0. The van der Waals surface area contributed by atoms with Crippen molar-refractivity contribution < 1.29 is 9.21 Å². The second kappa shape index (κ2) is 7.59. The van der Waals surface area contributed by atoms with Gasteiger partial charge in [-0.05, 0) is 35.7 Å². The number of amides is 1. The fraction of sp³-hybridized carbons (Fsp3) is 0.278. The van der Waals surface area contributed by atoms with Gasteiger partial charge >= 0.3 is 0 Å². The number of carbonyl (C=O) groups excluding carboxylic acids is 1. The molecule has 0 atom stereocenters. The summed E-state index contributed by atoms with van der Waals surface area (Å²) in [5.41, 5.74) is 2.06. The highest BCUT2D eigenvalue weighted by molar-refractivity contribution is 5.76. The Morgan fingerprint density at radius 1 is 1.21 bits per heavy atom. The monoisotopic (exact) mass is 324 g/mol. The van der Waals surface area contributed by atoms with E-state index in [1.165, 1.54) is 0 Å². The SMILES string of the molecule is Cn1cc(CCC(=O)N(Cc2cccnc2)Cc2ccco2)cn1. The number of rotatable bonds is 7. The van der Waals surface area contributed by atoms with Gasteiger partial charge in [0.2, 0.25) is 5.91 Å². The molecular weight excluding hydrogens is 304 g/mol. The largest absolute Gasteiger partial charge is 0.467 e. The van der Waals surface area contributed by atoms with Crippen LogP contribution in [0.5, 0.6) is 0 Å². The molecule has 3 rings (SSSR count). The van der Waals surface area contributed by atoms with E-state index in [2.05, 4.69) is 10.1 Å². The fourth-order valence-electron chi connectivity index (χ4n) is 2.55. The summed E-state index contributed by atoms with van der Waals surface area (Å²) in [5.74, 6) is 0.854. The van der Waals surface area contributed by atoms with Crippen LogP contribution in [-0.4, -0.2) is 25.6 Å². The molecule has 6 heteroatoms. The normalized spacial score (nSPS) is 10.7. The molecule has 24 heavy (non-hydrogen) atoms. The maximum Gasteiger partial charge on any atom is 0.223 e. The average Bonchev–Trinajstić information content (AvgIpc) is 3.24. The van der Waals surface area contributed by atoms with Crippen LogP contribution in [0.25, 0.3) is 0 Å². The van der Waals surface area contributed by atoms with Gasteiger partial charge in [-0.15, -0.1) is 0 Å². The van der Waals surface area contributed by atoms with E-state index in [-0.39, 0.29) is 5.91 Å². The number of aryl methyl sites for hydroxylation is 2. The van der Waals surface area contributed by atoms with Gasteiger partial charge in [-0.2, -0.15) is 5.10 Å². The minimum atomic E-state index is 0.0825. The van der Waals surface area contributed by atoms with E-state index in [0.29, 0.717) is 25.9 Å². The Morgan fingerprint density at radius 2 is 2.12 bits per heavy atom. The molecule has 0 aromatic carbocycles. The van der Waals surface area contributed by atoms with Crippen molar-refractivity contribution in [2.75, 3.05) is 0 Å². The van der Waals surface area contributed by atoms with Crippen molar-refractivity contribution in [2.45, 2.75) is 25.9 Å². The second-order valence-electron chi connectivity index (χ2n) is 5.71. The summed E-state index contributed by atoms with van der Waals surface area (Å²) in [4.78, 5) is 18.6. The van der Waals surface area contributed by atoms with Crippen molar-refractivity contribution in [3.05, 3.63) is 72.2 Å². The lowest BCUT2D eigenvalue weighted by atomic mass is 10.1. The number of carbonyl (C=O) groups is 1. The van der Waals surface area contributed by atoms with Gasteiger partial charge in [0, 0.05) is 38.6 Å². The number of furan rings is 1. The van der Waals surface area contributed by atoms with Crippen LogP contribution < -0.4 is 0 Å². The standard InChI is InChI=1S/C18H20N4O2/c1-21-12-16(11-20-21)6-7-18(23)22(14-17-5-3-9-24-17)13-15-4-2-8-19-10-15/h2-5,8-12H,6-7,13-14H2,1H3. The van der Waals surface area contributed by atoms with Crippen molar-refractivity contribution in [1.82, 2.24) is 19.7 Å². The van der Waals surface area contributed by atoms with E-state index in [1.807, 2.05) is 37.5 Å². The smallest absolute Gasteiger partial charge is 0.223 e. The van der Waals surface area contributed by atoms with Crippen molar-refractivity contribution in [2.24, 2.45) is 7.05 Å². The van der Waals surface area contributed by atoms with Gasteiger partial charge in [0.1, 0.15) is 5.76 Å². The van der Waals surface area contributed by atoms with Crippen molar-refractivity contribution in [1.29, 1.82) is 0 Å². The van der Waals surface area contributed by atoms with Gasteiger partial charge in [0.05, 0.1) is 19.0 Å². The van der Waals surface area contributed by atoms with Gasteiger partial charge in [-0.25, -0.2) is 0 Å². The summed E-state index contributed by atoms with van der Waals surface area (Å²) in [5, 5.41) is 4.14. The molecule has 0 aliphatic heterocycles. The first-order valence-corrected chi connectivity index (χ1v) is 7.87. The molecule has 0 bridgehead atoms. The van der Waals surface area contributed by atoms with Crippen LogP contribution in [-0.2, 0) is 31.4 Å². The van der Waals surface area contributed by atoms with E-state index in [4.69, 9.17) is 4.42 Å². The Morgan fingerprint density at radius 3 is 2.79 bits per heavy atom. The Balaban J connectivity index is 1.66. The molecule has 0 aliphatic carbocycles. The lowest BCUT2D eigenvalue weighted by Gasteiger charge is -2.21. The summed E-state index contributed by atoms with van der Waals surface area (Å²) in [6.07, 6.45) is 9.98. The molecule has 0 aliphatic rings. The molecule has 0 saturated heterocycles. The zero-order valence-electron chi connectivity index (χ0n) is 13.6. The zero-order chi connectivity index (χ0) is 16.8.